The molecule has 1 heterocycles. The zero-order valence-corrected chi connectivity index (χ0v) is 9.72. The number of hydrogen-bond donors (Lipinski definition) is 2. The zero-order chi connectivity index (χ0) is 12.5. The number of carbonyl (C=O) groups excluding carboxylic acids is 1. The maximum atomic E-state index is 12.2. The molecule has 0 spiro atoms. The minimum Gasteiger partial charge on any atom is -0.481 e. The van der Waals surface area contributed by atoms with Crippen molar-refractivity contribution in [1.29, 1.82) is 0 Å². The Bertz CT molecular complexity index is 327. The summed E-state index contributed by atoms with van der Waals surface area (Å²) in [6, 6.07) is 0. The molecule has 1 saturated heterocycles. The highest BCUT2D eigenvalue weighted by atomic mass is 16.5. The van der Waals surface area contributed by atoms with Gasteiger partial charge in [-0.15, -0.1) is 0 Å². The predicted octanol–water partition coefficient (Wildman–Crippen LogP) is -0.573. The highest BCUT2D eigenvalue weighted by Gasteiger charge is 2.51. The summed E-state index contributed by atoms with van der Waals surface area (Å²) < 4.78 is 5.33. The summed E-state index contributed by atoms with van der Waals surface area (Å²) in [6.07, 6.45) is 1.25. The third-order valence-electron chi connectivity index (χ3n) is 3.53. The molecule has 0 aromatic carbocycles. The summed E-state index contributed by atoms with van der Waals surface area (Å²) >= 11 is 0. The van der Waals surface area contributed by atoms with Crippen molar-refractivity contribution in [3.63, 3.8) is 0 Å². The van der Waals surface area contributed by atoms with Gasteiger partial charge in [0, 0.05) is 19.6 Å². The number of amides is 1. The van der Waals surface area contributed by atoms with E-state index in [-0.39, 0.29) is 17.7 Å². The first-order valence-corrected chi connectivity index (χ1v) is 5.90. The molecule has 2 aliphatic rings. The highest BCUT2D eigenvalue weighted by Crippen LogP contribution is 2.46. The van der Waals surface area contributed by atoms with Gasteiger partial charge in [-0.3, -0.25) is 9.59 Å². The van der Waals surface area contributed by atoms with Gasteiger partial charge in [0.05, 0.1) is 24.5 Å². The van der Waals surface area contributed by atoms with Gasteiger partial charge in [-0.2, -0.15) is 0 Å². The van der Waals surface area contributed by atoms with Crippen LogP contribution in [0.4, 0.5) is 0 Å². The zero-order valence-electron chi connectivity index (χ0n) is 9.72. The average Bonchev–Trinajstić information content (AvgIpc) is 3.08. The molecule has 1 amide bonds. The highest BCUT2D eigenvalue weighted by molar-refractivity contribution is 5.85. The molecule has 1 atom stereocenters. The SMILES string of the molecule is NCC1(C(=O)N2CCOC(CC(=O)O)C2)CC1. The molecule has 17 heavy (non-hydrogen) atoms. The molecular weight excluding hydrogens is 224 g/mol. The lowest BCUT2D eigenvalue weighted by molar-refractivity contribution is -0.150. The number of morpholine rings is 1. The minimum absolute atomic E-state index is 0.0561. The fourth-order valence-electron chi connectivity index (χ4n) is 2.21. The number of carboxylic acid groups (broad SMARTS) is 1. The van der Waals surface area contributed by atoms with Crippen LogP contribution in [0.25, 0.3) is 0 Å². The Hall–Kier alpha value is -1.14. The predicted molar refractivity (Wildman–Crippen MR) is 59.3 cm³/mol. The van der Waals surface area contributed by atoms with Gasteiger partial charge >= 0.3 is 5.97 Å². The monoisotopic (exact) mass is 242 g/mol. The second kappa shape index (κ2) is 4.62. The summed E-state index contributed by atoms with van der Waals surface area (Å²) in [5, 5.41) is 8.71. The first kappa shape index (κ1) is 12.3. The summed E-state index contributed by atoms with van der Waals surface area (Å²) in [4.78, 5) is 24.5. The topological polar surface area (TPSA) is 92.9 Å². The van der Waals surface area contributed by atoms with Crippen LogP contribution in [-0.4, -0.2) is 54.2 Å². The summed E-state index contributed by atoms with van der Waals surface area (Å²) in [6.45, 7) is 1.70. The van der Waals surface area contributed by atoms with E-state index in [0.717, 1.165) is 12.8 Å². The Kier molecular flexibility index (Phi) is 3.35. The first-order chi connectivity index (χ1) is 8.07. The molecule has 1 aliphatic carbocycles. The summed E-state index contributed by atoms with van der Waals surface area (Å²) in [5.74, 6) is -0.831. The third kappa shape index (κ3) is 2.58. The summed E-state index contributed by atoms with van der Waals surface area (Å²) in [7, 11) is 0. The van der Waals surface area contributed by atoms with Crippen LogP contribution >= 0.6 is 0 Å². The van der Waals surface area contributed by atoms with Gasteiger partial charge in [0.2, 0.25) is 5.91 Å². The Balaban J connectivity index is 1.93. The van der Waals surface area contributed by atoms with Crippen molar-refractivity contribution in [3.8, 4) is 0 Å². The van der Waals surface area contributed by atoms with E-state index in [1.54, 1.807) is 4.90 Å². The van der Waals surface area contributed by atoms with Crippen LogP contribution in [0.3, 0.4) is 0 Å². The van der Waals surface area contributed by atoms with E-state index < -0.39 is 12.1 Å². The molecule has 3 N–H and O–H groups in total. The van der Waals surface area contributed by atoms with Crippen LogP contribution < -0.4 is 5.73 Å². The molecule has 0 bridgehead atoms. The Labute approximate surface area is 99.7 Å². The van der Waals surface area contributed by atoms with Gasteiger partial charge in [0.15, 0.2) is 0 Å². The van der Waals surface area contributed by atoms with E-state index in [9.17, 15) is 9.59 Å². The molecule has 0 aromatic heterocycles. The van der Waals surface area contributed by atoms with Crippen molar-refractivity contribution in [2.45, 2.75) is 25.4 Å². The van der Waals surface area contributed by atoms with Gasteiger partial charge in [0.25, 0.3) is 0 Å². The minimum atomic E-state index is -0.899. The van der Waals surface area contributed by atoms with E-state index in [4.69, 9.17) is 15.6 Å². The number of carboxylic acids is 1. The number of nitrogens with zero attached hydrogens (tertiary/aromatic N) is 1. The lowest BCUT2D eigenvalue weighted by Crippen LogP contribution is -2.50. The van der Waals surface area contributed by atoms with Crippen LogP contribution in [0.2, 0.25) is 0 Å². The van der Waals surface area contributed by atoms with E-state index in [0.29, 0.717) is 26.2 Å². The molecule has 0 aromatic rings. The fourth-order valence-corrected chi connectivity index (χ4v) is 2.21. The van der Waals surface area contributed by atoms with Gasteiger partial charge in [-0.25, -0.2) is 0 Å². The van der Waals surface area contributed by atoms with Crippen molar-refractivity contribution in [2.75, 3.05) is 26.2 Å². The second-order valence-electron chi connectivity index (χ2n) is 4.83. The van der Waals surface area contributed by atoms with E-state index in [1.807, 2.05) is 0 Å². The van der Waals surface area contributed by atoms with Gasteiger partial charge in [-0.05, 0) is 12.8 Å². The van der Waals surface area contributed by atoms with E-state index in [2.05, 4.69) is 0 Å². The summed E-state index contributed by atoms with van der Waals surface area (Å²) in [5.41, 5.74) is 5.26. The second-order valence-corrected chi connectivity index (χ2v) is 4.83. The van der Waals surface area contributed by atoms with Crippen LogP contribution in [0.1, 0.15) is 19.3 Å². The van der Waals surface area contributed by atoms with Crippen LogP contribution in [-0.2, 0) is 14.3 Å². The molecule has 6 heteroatoms. The molecule has 96 valence electrons. The maximum absolute atomic E-state index is 12.2. The Morgan fingerprint density at radius 1 is 1.47 bits per heavy atom. The van der Waals surface area contributed by atoms with Crippen LogP contribution in [0.15, 0.2) is 0 Å². The molecule has 2 rings (SSSR count). The lowest BCUT2D eigenvalue weighted by Gasteiger charge is -2.34. The van der Waals surface area contributed by atoms with E-state index in [1.165, 1.54) is 0 Å². The van der Waals surface area contributed by atoms with Crippen molar-refractivity contribution in [1.82, 2.24) is 4.90 Å². The molecule has 1 aliphatic heterocycles. The van der Waals surface area contributed by atoms with Crippen LogP contribution in [0.5, 0.6) is 0 Å². The average molecular weight is 242 g/mol. The molecule has 0 radical (unpaired) electrons. The molecular formula is C11H18N2O4. The van der Waals surface area contributed by atoms with Crippen LogP contribution in [0, 0.1) is 5.41 Å². The first-order valence-electron chi connectivity index (χ1n) is 5.90. The lowest BCUT2D eigenvalue weighted by atomic mass is 10.0. The molecule has 2 fully saturated rings. The van der Waals surface area contributed by atoms with Gasteiger partial charge in [0.1, 0.15) is 0 Å². The molecule has 1 saturated carbocycles. The third-order valence-corrected chi connectivity index (χ3v) is 3.53. The maximum Gasteiger partial charge on any atom is 0.306 e. The van der Waals surface area contributed by atoms with Gasteiger partial charge < -0.3 is 20.5 Å². The quantitative estimate of drug-likeness (QED) is 0.688. The standard InChI is InChI=1S/C11H18N2O4/c12-7-11(1-2-11)10(16)13-3-4-17-8(6-13)5-9(14)15/h8H,1-7,12H2,(H,14,15). The molecule has 1 unspecified atom stereocenters. The largest absolute Gasteiger partial charge is 0.481 e. The van der Waals surface area contributed by atoms with Crippen molar-refractivity contribution in [3.05, 3.63) is 0 Å². The van der Waals surface area contributed by atoms with Crippen molar-refractivity contribution in [2.24, 2.45) is 11.1 Å². The smallest absolute Gasteiger partial charge is 0.306 e. The Morgan fingerprint density at radius 3 is 2.71 bits per heavy atom. The fraction of sp³-hybridized carbons (Fsp3) is 0.818. The van der Waals surface area contributed by atoms with Gasteiger partial charge in [-0.1, -0.05) is 0 Å². The van der Waals surface area contributed by atoms with E-state index >= 15 is 0 Å². The number of aliphatic carboxylic acids is 1. The normalized spacial score (nSPS) is 26.6. The number of ether oxygens (including phenoxy) is 1. The number of hydrogen-bond acceptors (Lipinski definition) is 4. The van der Waals surface area contributed by atoms with Crippen molar-refractivity contribution >= 4 is 11.9 Å². The number of carbonyl (C=O) groups is 2. The van der Waals surface area contributed by atoms with Crippen molar-refractivity contribution < 1.29 is 19.4 Å². The Morgan fingerprint density at radius 2 is 2.18 bits per heavy atom. The number of nitrogens with two attached hydrogens (primary N) is 1. The molecule has 6 nitrogen and oxygen atoms in total. The number of rotatable bonds is 4.